The number of primary amides is 1. The number of ether oxygens (including phenoxy) is 2. The van der Waals surface area contributed by atoms with E-state index in [-0.39, 0.29) is 29.0 Å². The molecule has 8 heteroatoms. The van der Waals surface area contributed by atoms with E-state index in [0.717, 1.165) is 17.4 Å². The van der Waals surface area contributed by atoms with E-state index >= 15 is 0 Å². The van der Waals surface area contributed by atoms with E-state index in [1.54, 1.807) is 6.92 Å². The Morgan fingerprint density at radius 3 is 2.44 bits per heavy atom. The van der Waals surface area contributed by atoms with Crippen LogP contribution in [0, 0.1) is 11.6 Å². The van der Waals surface area contributed by atoms with Gasteiger partial charge in [-0.05, 0) is 43.3 Å². The summed E-state index contributed by atoms with van der Waals surface area (Å²) in [5.74, 6) is -2.87. The number of thiophene rings is 1. The topological polar surface area (TPSA) is 78.6 Å². The molecule has 3 aromatic rings. The summed E-state index contributed by atoms with van der Waals surface area (Å²) in [6.07, 6.45) is 0. The summed E-state index contributed by atoms with van der Waals surface area (Å²) >= 11 is 1.01. The van der Waals surface area contributed by atoms with Crippen LogP contribution in [0.25, 0.3) is 10.1 Å². The van der Waals surface area contributed by atoms with Gasteiger partial charge in [0.25, 0.3) is 0 Å². The minimum Gasteiger partial charge on any atom is -0.489 e. The zero-order valence-electron chi connectivity index (χ0n) is 14.3. The summed E-state index contributed by atoms with van der Waals surface area (Å²) in [5.41, 5.74) is 5.70. The number of rotatable bonds is 6. The van der Waals surface area contributed by atoms with Gasteiger partial charge in [-0.15, -0.1) is 11.3 Å². The molecule has 1 heterocycles. The minimum absolute atomic E-state index is 0.00295. The fourth-order valence-corrected chi connectivity index (χ4v) is 3.65. The third-order valence-corrected chi connectivity index (χ3v) is 5.00. The van der Waals surface area contributed by atoms with Gasteiger partial charge in [0.15, 0.2) is 11.6 Å². The van der Waals surface area contributed by atoms with Gasteiger partial charge < -0.3 is 15.2 Å². The second-order valence-electron chi connectivity index (χ2n) is 5.54. The smallest absolute Gasteiger partial charge is 0.348 e. The van der Waals surface area contributed by atoms with Gasteiger partial charge in [-0.25, -0.2) is 13.6 Å². The van der Waals surface area contributed by atoms with Gasteiger partial charge in [-0.2, -0.15) is 0 Å². The van der Waals surface area contributed by atoms with Crippen molar-refractivity contribution in [1.82, 2.24) is 0 Å². The summed E-state index contributed by atoms with van der Waals surface area (Å²) < 4.78 is 39.1. The zero-order chi connectivity index (χ0) is 19.6. The number of nitrogens with two attached hydrogens (primary N) is 1. The first-order valence-electron chi connectivity index (χ1n) is 8.01. The lowest BCUT2D eigenvalue weighted by molar-refractivity contribution is 0.0529. The molecule has 0 aliphatic carbocycles. The van der Waals surface area contributed by atoms with Gasteiger partial charge in [0.2, 0.25) is 5.91 Å². The average molecular weight is 391 g/mol. The van der Waals surface area contributed by atoms with Crippen molar-refractivity contribution in [3.8, 4) is 5.75 Å². The van der Waals surface area contributed by atoms with Crippen LogP contribution in [0.2, 0.25) is 0 Å². The maximum Gasteiger partial charge on any atom is 0.348 e. The highest BCUT2D eigenvalue weighted by Crippen LogP contribution is 2.35. The first-order valence-corrected chi connectivity index (χ1v) is 8.83. The van der Waals surface area contributed by atoms with E-state index in [4.69, 9.17) is 15.2 Å². The van der Waals surface area contributed by atoms with Crippen molar-refractivity contribution in [2.75, 3.05) is 6.61 Å². The van der Waals surface area contributed by atoms with Crippen molar-refractivity contribution in [2.24, 2.45) is 5.73 Å². The summed E-state index contributed by atoms with van der Waals surface area (Å²) in [5, 5.41) is -0.00295. The lowest BCUT2D eigenvalue weighted by Crippen LogP contribution is -2.10. The summed E-state index contributed by atoms with van der Waals surface area (Å²) in [4.78, 5) is 23.5. The summed E-state index contributed by atoms with van der Waals surface area (Å²) in [7, 11) is 0. The number of carbonyl (C=O) groups excluding carboxylic acids is 2. The first-order chi connectivity index (χ1) is 12.9. The van der Waals surface area contributed by atoms with E-state index in [0.29, 0.717) is 16.0 Å². The Bertz CT molecular complexity index is 1010. The predicted octanol–water partition coefficient (Wildman–Crippen LogP) is 4.03. The van der Waals surface area contributed by atoms with Gasteiger partial charge in [0.1, 0.15) is 17.2 Å². The Morgan fingerprint density at radius 1 is 1.11 bits per heavy atom. The number of fused-ring (bicyclic) bond motifs is 1. The molecule has 5 nitrogen and oxygen atoms in total. The fraction of sp³-hybridized carbons (Fsp3) is 0.158. The number of carbonyl (C=O) groups is 2. The predicted molar refractivity (Wildman–Crippen MR) is 97.0 cm³/mol. The number of amides is 1. The van der Waals surface area contributed by atoms with Crippen LogP contribution in [0.1, 0.15) is 32.5 Å². The lowest BCUT2D eigenvalue weighted by Gasteiger charge is -2.09. The molecule has 0 radical (unpaired) electrons. The largest absolute Gasteiger partial charge is 0.489 e. The molecule has 1 amide bonds. The zero-order valence-corrected chi connectivity index (χ0v) is 15.1. The van der Waals surface area contributed by atoms with Crippen LogP contribution in [0.3, 0.4) is 0 Å². The van der Waals surface area contributed by atoms with Crippen LogP contribution in [0.4, 0.5) is 8.78 Å². The molecule has 0 saturated carbocycles. The molecule has 27 heavy (non-hydrogen) atoms. The highest BCUT2D eigenvalue weighted by atomic mass is 32.1. The SMILES string of the molecule is CCOC(=O)c1sc2ccc(F)c(F)c2c1COc1ccc(C(N)=O)cc1. The Hall–Kier alpha value is -3.00. The van der Waals surface area contributed by atoms with Crippen molar-refractivity contribution in [1.29, 1.82) is 0 Å². The molecule has 0 aliphatic rings. The van der Waals surface area contributed by atoms with Gasteiger partial charge in [0, 0.05) is 21.2 Å². The molecule has 0 fully saturated rings. The third kappa shape index (κ3) is 3.75. The Morgan fingerprint density at radius 2 is 1.81 bits per heavy atom. The number of benzene rings is 2. The van der Waals surface area contributed by atoms with E-state index in [1.165, 1.54) is 30.3 Å². The molecule has 2 aromatic carbocycles. The molecule has 0 saturated heterocycles. The highest BCUT2D eigenvalue weighted by Gasteiger charge is 2.24. The van der Waals surface area contributed by atoms with Gasteiger partial charge in [-0.3, -0.25) is 4.79 Å². The quantitative estimate of drug-likeness (QED) is 0.644. The van der Waals surface area contributed by atoms with Crippen molar-refractivity contribution in [3.05, 3.63) is 64.0 Å². The number of halogens is 2. The van der Waals surface area contributed by atoms with Crippen LogP contribution in [-0.2, 0) is 11.3 Å². The molecule has 3 rings (SSSR count). The monoisotopic (exact) mass is 391 g/mol. The number of hydrogen-bond donors (Lipinski definition) is 1. The molecular formula is C19H15F2NO4S. The standard InChI is InChI=1S/C19H15F2NO4S/c1-2-25-19(24)17-12(15-14(27-17)8-7-13(20)16(15)21)9-26-11-5-3-10(4-6-11)18(22)23/h3-8H,2,9H2,1H3,(H2,22,23). The highest BCUT2D eigenvalue weighted by molar-refractivity contribution is 7.21. The molecule has 0 atom stereocenters. The van der Waals surface area contributed by atoms with E-state index in [2.05, 4.69) is 0 Å². The van der Waals surface area contributed by atoms with Crippen molar-refractivity contribution in [3.63, 3.8) is 0 Å². The maximum atomic E-state index is 14.4. The fourth-order valence-electron chi connectivity index (χ4n) is 2.55. The Kier molecular flexibility index (Phi) is 5.36. The van der Waals surface area contributed by atoms with Crippen molar-refractivity contribution in [2.45, 2.75) is 13.5 Å². The van der Waals surface area contributed by atoms with E-state index in [1.807, 2.05) is 0 Å². The van der Waals surface area contributed by atoms with Crippen LogP contribution in [0.15, 0.2) is 36.4 Å². The third-order valence-electron chi connectivity index (χ3n) is 3.83. The maximum absolute atomic E-state index is 14.4. The van der Waals surface area contributed by atoms with Crippen LogP contribution in [-0.4, -0.2) is 18.5 Å². The molecule has 2 N–H and O–H groups in total. The lowest BCUT2D eigenvalue weighted by atomic mass is 10.1. The van der Waals surface area contributed by atoms with Gasteiger partial charge in [-0.1, -0.05) is 0 Å². The molecule has 0 spiro atoms. The summed E-state index contributed by atoms with van der Waals surface area (Å²) in [6, 6.07) is 8.43. The van der Waals surface area contributed by atoms with E-state index < -0.39 is 23.5 Å². The van der Waals surface area contributed by atoms with Gasteiger partial charge >= 0.3 is 5.97 Å². The second kappa shape index (κ2) is 7.71. The molecular weight excluding hydrogens is 376 g/mol. The average Bonchev–Trinajstić information content (AvgIpc) is 3.03. The van der Waals surface area contributed by atoms with E-state index in [9.17, 15) is 18.4 Å². The Labute approximate surface area is 157 Å². The normalized spacial score (nSPS) is 10.8. The molecule has 0 aliphatic heterocycles. The number of hydrogen-bond acceptors (Lipinski definition) is 5. The van der Waals surface area contributed by atoms with Crippen LogP contribution >= 0.6 is 11.3 Å². The van der Waals surface area contributed by atoms with Crippen molar-refractivity contribution < 1.29 is 27.8 Å². The van der Waals surface area contributed by atoms with Crippen LogP contribution in [0.5, 0.6) is 5.75 Å². The number of esters is 1. The minimum atomic E-state index is -1.04. The Balaban J connectivity index is 1.98. The second-order valence-corrected chi connectivity index (χ2v) is 6.59. The molecule has 1 aromatic heterocycles. The summed E-state index contributed by atoms with van der Waals surface area (Å²) in [6.45, 7) is 1.63. The molecule has 140 valence electrons. The van der Waals surface area contributed by atoms with Crippen molar-refractivity contribution >= 4 is 33.3 Å². The van der Waals surface area contributed by atoms with Gasteiger partial charge in [0.05, 0.1) is 6.61 Å². The molecule has 0 unspecified atom stereocenters. The first kappa shape index (κ1) is 18.8. The van der Waals surface area contributed by atoms with Crippen LogP contribution < -0.4 is 10.5 Å². The molecule has 0 bridgehead atoms.